The number of rotatable bonds is 7. The summed E-state index contributed by atoms with van der Waals surface area (Å²) in [6, 6.07) is 13.8. The molecule has 0 radical (unpaired) electrons. The van der Waals surface area contributed by atoms with Crippen LogP contribution < -0.4 is 0 Å². The van der Waals surface area contributed by atoms with Crippen molar-refractivity contribution in [3.05, 3.63) is 54.3 Å². The maximum absolute atomic E-state index is 12.9. The molecule has 0 bridgehead atoms. The van der Waals surface area contributed by atoms with Gasteiger partial charge in [-0.3, -0.25) is 9.36 Å². The fourth-order valence-corrected chi connectivity index (χ4v) is 5.02. The highest BCUT2D eigenvalue weighted by Crippen LogP contribution is 2.28. The molecule has 2 fully saturated rings. The van der Waals surface area contributed by atoms with E-state index in [2.05, 4.69) is 22.3 Å². The number of nitrogens with zero attached hydrogens (tertiary/aromatic N) is 4. The molecular weight excluding hydrogens is 428 g/mol. The molecular formula is C23H26N4O4S. The molecule has 0 aliphatic carbocycles. The van der Waals surface area contributed by atoms with Crippen LogP contribution in [0.15, 0.2) is 58.3 Å². The number of benzene rings is 1. The van der Waals surface area contributed by atoms with Gasteiger partial charge in [-0.15, -0.1) is 10.2 Å². The highest BCUT2D eigenvalue weighted by Gasteiger charge is 2.32. The van der Waals surface area contributed by atoms with Crippen molar-refractivity contribution in [1.29, 1.82) is 0 Å². The van der Waals surface area contributed by atoms with Gasteiger partial charge in [-0.05, 0) is 30.5 Å². The third kappa shape index (κ3) is 4.74. The Kier molecular flexibility index (Phi) is 6.56. The van der Waals surface area contributed by atoms with Gasteiger partial charge in [0.25, 0.3) is 0 Å². The average Bonchev–Trinajstić information content (AvgIpc) is 3.61. The molecule has 2 aliphatic heterocycles. The van der Waals surface area contributed by atoms with E-state index in [0.717, 1.165) is 31.5 Å². The van der Waals surface area contributed by atoms with Crippen LogP contribution in [-0.2, 0) is 20.8 Å². The quantitative estimate of drug-likeness (QED) is 0.507. The fourth-order valence-electron chi connectivity index (χ4n) is 4.18. The average molecular weight is 455 g/mol. The minimum absolute atomic E-state index is 0.0989. The van der Waals surface area contributed by atoms with Gasteiger partial charge in [0.1, 0.15) is 0 Å². The lowest BCUT2D eigenvalue weighted by atomic mass is 9.96. The molecule has 1 amide bonds. The number of aromatic nitrogens is 3. The third-order valence-electron chi connectivity index (χ3n) is 5.89. The normalized spacial score (nSPS) is 17.8. The van der Waals surface area contributed by atoms with E-state index < -0.39 is 0 Å². The minimum Gasteiger partial charge on any atom is -0.461 e. The first-order valence-electron chi connectivity index (χ1n) is 10.9. The van der Waals surface area contributed by atoms with Crippen molar-refractivity contribution in [2.45, 2.75) is 30.8 Å². The van der Waals surface area contributed by atoms with E-state index >= 15 is 0 Å². The number of ether oxygens (including phenoxy) is 2. The van der Waals surface area contributed by atoms with Crippen LogP contribution in [0.2, 0.25) is 0 Å². The van der Waals surface area contributed by atoms with Crippen LogP contribution in [0.4, 0.5) is 0 Å². The molecule has 2 saturated heterocycles. The van der Waals surface area contributed by atoms with Crippen LogP contribution in [0.3, 0.4) is 0 Å². The molecule has 0 spiro atoms. The summed E-state index contributed by atoms with van der Waals surface area (Å²) in [4.78, 5) is 14.8. The minimum atomic E-state index is -0.0989. The summed E-state index contributed by atoms with van der Waals surface area (Å²) < 4.78 is 18.8. The first-order valence-corrected chi connectivity index (χ1v) is 11.9. The molecule has 9 heteroatoms. The molecule has 0 atom stereocenters. The number of furan rings is 1. The second-order valence-electron chi connectivity index (χ2n) is 7.97. The highest BCUT2D eigenvalue weighted by molar-refractivity contribution is 7.99. The zero-order valence-corrected chi connectivity index (χ0v) is 18.6. The maximum Gasteiger partial charge on any atom is 0.233 e. The van der Waals surface area contributed by atoms with Crippen molar-refractivity contribution in [3.8, 4) is 11.6 Å². The molecule has 0 unspecified atom stereocenters. The van der Waals surface area contributed by atoms with Crippen LogP contribution in [0, 0.1) is 5.92 Å². The molecule has 168 valence electrons. The van der Waals surface area contributed by atoms with Gasteiger partial charge in [0.15, 0.2) is 17.2 Å². The van der Waals surface area contributed by atoms with E-state index in [1.165, 1.54) is 11.8 Å². The first kappa shape index (κ1) is 21.2. The lowest BCUT2D eigenvalue weighted by Crippen LogP contribution is -2.42. The summed E-state index contributed by atoms with van der Waals surface area (Å²) >= 11 is 1.42. The molecule has 2 aromatic heterocycles. The van der Waals surface area contributed by atoms with Gasteiger partial charge in [-0.1, -0.05) is 42.1 Å². The number of thioether (sulfide) groups is 1. The summed E-state index contributed by atoms with van der Waals surface area (Å²) in [7, 11) is 0. The van der Waals surface area contributed by atoms with Crippen molar-refractivity contribution < 1.29 is 18.7 Å². The number of carbonyl (C=O) groups is 1. The summed E-state index contributed by atoms with van der Waals surface area (Å²) in [5.41, 5.74) is 1.13. The van der Waals surface area contributed by atoms with Crippen molar-refractivity contribution in [3.63, 3.8) is 0 Å². The van der Waals surface area contributed by atoms with E-state index in [0.29, 0.717) is 48.2 Å². The zero-order chi connectivity index (χ0) is 21.8. The summed E-state index contributed by atoms with van der Waals surface area (Å²) in [5, 5.41) is 9.41. The molecule has 32 heavy (non-hydrogen) atoms. The van der Waals surface area contributed by atoms with E-state index in [1.807, 2.05) is 39.8 Å². The Morgan fingerprint density at radius 3 is 2.53 bits per heavy atom. The smallest absolute Gasteiger partial charge is 0.233 e. The number of piperidine rings is 1. The van der Waals surface area contributed by atoms with Crippen LogP contribution in [0.25, 0.3) is 11.6 Å². The number of hydrogen-bond acceptors (Lipinski definition) is 7. The SMILES string of the molecule is O=C(CSc1nnc(-c2ccco2)n1Cc1ccccc1)N1CCC(C2OCCO2)CC1. The molecule has 0 N–H and O–H groups in total. The molecule has 1 aromatic carbocycles. The van der Waals surface area contributed by atoms with Crippen molar-refractivity contribution >= 4 is 17.7 Å². The third-order valence-corrected chi connectivity index (χ3v) is 6.84. The largest absolute Gasteiger partial charge is 0.461 e. The molecule has 3 aromatic rings. The van der Waals surface area contributed by atoms with E-state index in [9.17, 15) is 4.79 Å². The Bertz CT molecular complexity index is 1010. The number of likely N-dealkylation sites (tertiary alicyclic amines) is 1. The van der Waals surface area contributed by atoms with Gasteiger partial charge in [0.2, 0.25) is 11.7 Å². The Hall–Kier alpha value is -2.62. The summed E-state index contributed by atoms with van der Waals surface area (Å²) in [5.74, 6) is 2.14. The molecule has 0 saturated carbocycles. The number of hydrogen-bond donors (Lipinski definition) is 0. The predicted molar refractivity (Wildman–Crippen MR) is 119 cm³/mol. The summed E-state index contributed by atoms with van der Waals surface area (Å²) in [6.45, 7) is 3.42. The van der Waals surface area contributed by atoms with Crippen LogP contribution in [0.1, 0.15) is 18.4 Å². The van der Waals surface area contributed by atoms with E-state index in [4.69, 9.17) is 13.9 Å². The van der Waals surface area contributed by atoms with Gasteiger partial charge in [0, 0.05) is 19.0 Å². The van der Waals surface area contributed by atoms with Gasteiger partial charge < -0.3 is 18.8 Å². The van der Waals surface area contributed by atoms with Crippen molar-refractivity contribution in [2.75, 3.05) is 32.1 Å². The van der Waals surface area contributed by atoms with Gasteiger partial charge in [-0.2, -0.15) is 0 Å². The standard InChI is InChI=1S/C23H26N4O4S/c28-20(26-10-8-18(9-11-26)22-30-13-14-31-22)16-32-23-25-24-21(19-7-4-12-29-19)27(23)15-17-5-2-1-3-6-17/h1-7,12,18,22H,8-11,13-16H2. The lowest BCUT2D eigenvalue weighted by molar-refractivity contribution is -0.134. The summed E-state index contributed by atoms with van der Waals surface area (Å²) in [6.07, 6.45) is 3.35. The van der Waals surface area contributed by atoms with Crippen molar-refractivity contribution in [1.82, 2.24) is 19.7 Å². The van der Waals surface area contributed by atoms with Gasteiger partial charge in [-0.25, -0.2) is 0 Å². The molecule has 4 heterocycles. The number of carbonyl (C=O) groups excluding carboxylic acids is 1. The Morgan fingerprint density at radius 2 is 1.81 bits per heavy atom. The second kappa shape index (κ2) is 9.89. The molecule has 5 rings (SSSR count). The first-order chi connectivity index (χ1) is 15.8. The van der Waals surface area contributed by atoms with Crippen LogP contribution in [-0.4, -0.2) is 63.9 Å². The van der Waals surface area contributed by atoms with Gasteiger partial charge in [0.05, 0.1) is 31.8 Å². The van der Waals surface area contributed by atoms with Crippen LogP contribution in [0.5, 0.6) is 0 Å². The Morgan fingerprint density at radius 1 is 1.03 bits per heavy atom. The van der Waals surface area contributed by atoms with E-state index in [1.54, 1.807) is 6.26 Å². The van der Waals surface area contributed by atoms with Gasteiger partial charge >= 0.3 is 0 Å². The zero-order valence-electron chi connectivity index (χ0n) is 17.8. The maximum atomic E-state index is 12.9. The molecule has 8 nitrogen and oxygen atoms in total. The highest BCUT2D eigenvalue weighted by atomic mass is 32.2. The van der Waals surface area contributed by atoms with Crippen LogP contribution >= 0.6 is 11.8 Å². The lowest BCUT2D eigenvalue weighted by Gasteiger charge is -2.33. The second-order valence-corrected chi connectivity index (χ2v) is 8.91. The van der Waals surface area contributed by atoms with E-state index in [-0.39, 0.29) is 12.2 Å². The Balaban J connectivity index is 1.23. The monoisotopic (exact) mass is 454 g/mol. The fraction of sp³-hybridized carbons (Fsp3) is 0.435. The molecule has 2 aliphatic rings. The number of amides is 1. The predicted octanol–water partition coefficient (Wildman–Crippen LogP) is 3.29. The Labute approximate surface area is 190 Å². The topological polar surface area (TPSA) is 82.6 Å². The van der Waals surface area contributed by atoms with Crippen molar-refractivity contribution in [2.24, 2.45) is 5.92 Å².